The van der Waals surface area contributed by atoms with Crippen LogP contribution in [0.5, 0.6) is 0 Å². The number of hydrogen-bond acceptors (Lipinski definition) is 3. The van der Waals surface area contributed by atoms with Crippen molar-refractivity contribution in [3.05, 3.63) is 11.1 Å². The fourth-order valence-corrected chi connectivity index (χ4v) is 2.44. The topological polar surface area (TPSA) is 46.3 Å². The number of alkyl halides is 1. The second-order valence-electron chi connectivity index (χ2n) is 2.28. The quantitative estimate of drug-likeness (QED) is 0.577. The second kappa shape index (κ2) is 3.49. The first-order valence-corrected chi connectivity index (χ1v) is 4.98. The molecule has 62 valence electrons. The van der Waals surface area contributed by atoms with Crippen LogP contribution in [-0.4, -0.2) is 21.6 Å². The number of rotatable bonds is 2. The molecular formula is C6H9BrN2OS. The summed E-state index contributed by atoms with van der Waals surface area (Å²) in [5.41, 5.74) is 6.14. The number of carbonyl (C=O) groups is 1. The maximum Gasteiger partial charge on any atom is 0.237 e. The molecule has 1 heterocycles. The molecule has 2 N–H and O–H groups in total. The molecule has 0 aliphatic carbocycles. The average Bonchev–Trinajstić information content (AvgIpc) is 2.18. The van der Waals surface area contributed by atoms with Gasteiger partial charge in [-0.2, -0.15) is 0 Å². The molecule has 0 spiro atoms. The molecule has 1 aliphatic rings. The summed E-state index contributed by atoms with van der Waals surface area (Å²) >= 11 is 5.03. The first-order chi connectivity index (χ1) is 5.11. The van der Waals surface area contributed by atoms with Crippen LogP contribution in [0.3, 0.4) is 0 Å². The van der Waals surface area contributed by atoms with Crippen LogP contribution in [0.2, 0.25) is 0 Å². The predicted molar refractivity (Wildman–Crippen MR) is 50.0 cm³/mol. The lowest BCUT2D eigenvalue weighted by Gasteiger charge is -2.21. The Hall–Kier alpha value is -0.160. The summed E-state index contributed by atoms with van der Waals surface area (Å²) < 4.78 is 0.162. The number of hydrogen-bond donors (Lipinski definition) is 1. The Labute approximate surface area is 78.1 Å². The van der Waals surface area contributed by atoms with E-state index < -0.39 is 0 Å². The van der Waals surface area contributed by atoms with Gasteiger partial charge >= 0.3 is 0 Å². The van der Waals surface area contributed by atoms with Gasteiger partial charge < -0.3 is 10.6 Å². The van der Waals surface area contributed by atoms with Gasteiger partial charge in [-0.3, -0.25) is 4.79 Å². The highest BCUT2D eigenvalue weighted by Gasteiger charge is 2.22. The Morgan fingerprint density at radius 1 is 2.00 bits per heavy atom. The molecule has 0 aromatic rings. The predicted octanol–water partition coefficient (Wildman–Crippen LogP) is 1.06. The van der Waals surface area contributed by atoms with E-state index in [0.717, 1.165) is 5.70 Å². The highest BCUT2D eigenvalue weighted by atomic mass is 79.9. The molecule has 1 aliphatic heterocycles. The third-order valence-corrected chi connectivity index (χ3v) is 3.47. The molecule has 0 aromatic heterocycles. The number of nitrogens with zero attached hydrogens (tertiary/aromatic N) is 1. The number of amides is 1. The number of carbonyl (C=O) groups excluding carboxylic acids is 1. The van der Waals surface area contributed by atoms with Crippen LogP contribution in [0.25, 0.3) is 0 Å². The van der Waals surface area contributed by atoms with Crippen molar-refractivity contribution in [1.29, 1.82) is 0 Å². The van der Waals surface area contributed by atoms with Crippen molar-refractivity contribution in [3.8, 4) is 0 Å². The monoisotopic (exact) mass is 236 g/mol. The van der Waals surface area contributed by atoms with E-state index in [1.165, 1.54) is 0 Å². The minimum absolute atomic E-state index is 0.162. The first-order valence-electron chi connectivity index (χ1n) is 3.12. The van der Waals surface area contributed by atoms with E-state index in [-0.39, 0.29) is 16.7 Å². The van der Waals surface area contributed by atoms with Crippen LogP contribution in [0.1, 0.15) is 6.92 Å². The molecule has 0 saturated carbocycles. The van der Waals surface area contributed by atoms with E-state index in [1.807, 2.05) is 17.2 Å². The third-order valence-electron chi connectivity index (χ3n) is 1.38. The van der Waals surface area contributed by atoms with Gasteiger partial charge in [0.05, 0.1) is 6.54 Å². The Morgan fingerprint density at radius 2 is 2.64 bits per heavy atom. The lowest BCUT2D eigenvalue weighted by atomic mass is 10.4. The summed E-state index contributed by atoms with van der Waals surface area (Å²) in [6.45, 7) is 2.24. The zero-order chi connectivity index (χ0) is 8.43. The van der Waals surface area contributed by atoms with Crippen LogP contribution < -0.4 is 5.73 Å². The summed E-state index contributed by atoms with van der Waals surface area (Å²) in [6, 6.07) is 0. The first kappa shape index (κ1) is 8.93. The van der Waals surface area contributed by atoms with Crippen molar-refractivity contribution in [1.82, 2.24) is 4.90 Å². The van der Waals surface area contributed by atoms with Crippen LogP contribution >= 0.6 is 27.7 Å². The molecule has 11 heavy (non-hydrogen) atoms. The molecule has 3 nitrogen and oxygen atoms in total. The van der Waals surface area contributed by atoms with Gasteiger partial charge in [0.25, 0.3) is 0 Å². The maximum absolute atomic E-state index is 10.6. The van der Waals surface area contributed by atoms with Crippen LogP contribution in [0.4, 0.5) is 0 Å². The van der Waals surface area contributed by atoms with Gasteiger partial charge in [0.2, 0.25) is 5.91 Å². The van der Waals surface area contributed by atoms with Crippen molar-refractivity contribution in [2.75, 3.05) is 6.54 Å². The zero-order valence-electron chi connectivity index (χ0n) is 6.08. The molecule has 1 amide bonds. The van der Waals surface area contributed by atoms with Crippen molar-refractivity contribution in [3.63, 3.8) is 0 Å². The van der Waals surface area contributed by atoms with E-state index in [4.69, 9.17) is 5.73 Å². The van der Waals surface area contributed by atoms with Crippen molar-refractivity contribution in [2.45, 2.75) is 11.2 Å². The van der Waals surface area contributed by atoms with Gasteiger partial charge in [0.1, 0.15) is 4.28 Å². The van der Waals surface area contributed by atoms with E-state index in [1.54, 1.807) is 11.8 Å². The number of halogens is 1. The molecule has 1 rings (SSSR count). The Bertz CT molecular complexity index is 207. The van der Waals surface area contributed by atoms with Gasteiger partial charge in [-0.05, 0) is 12.3 Å². The van der Waals surface area contributed by atoms with E-state index in [0.29, 0.717) is 0 Å². The second-order valence-corrected chi connectivity index (χ2v) is 4.71. The smallest absolute Gasteiger partial charge is 0.237 e. The normalized spacial score (nSPS) is 23.6. The third kappa shape index (κ3) is 2.13. The lowest BCUT2D eigenvalue weighted by molar-refractivity contribution is -0.118. The van der Waals surface area contributed by atoms with Gasteiger partial charge in [-0.25, -0.2) is 0 Å². The molecule has 0 radical (unpaired) electrons. The number of allylic oxidation sites excluding steroid dienone is 1. The molecule has 0 fully saturated rings. The summed E-state index contributed by atoms with van der Waals surface area (Å²) in [5, 5.41) is 2.00. The standard InChI is InChI=1S/C6H9BrN2OS/c1-4-3-11-6(7)9(4)2-5(8)10/h3,6H,2H2,1H3,(H2,8,10). The highest BCUT2D eigenvalue weighted by Crippen LogP contribution is 2.33. The largest absolute Gasteiger partial charge is 0.368 e. The SMILES string of the molecule is CC1=CSC(Br)N1CC(N)=O. The van der Waals surface area contributed by atoms with Crippen LogP contribution in [-0.2, 0) is 4.79 Å². The fraction of sp³-hybridized carbons (Fsp3) is 0.500. The summed E-state index contributed by atoms with van der Waals surface area (Å²) in [7, 11) is 0. The van der Waals surface area contributed by atoms with Crippen molar-refractivity contribution < 1.29 is 4.79 Å². The summed E-state index contributed by atoms with van der Waals surface area (Å²) in [4.78, 5) is 12.5. The molecule has 1 unspecified atom stereocenters. The minimum Gasteiger partial charge on any atom is -0.368 e. The Kier molecular flexibility index (Phi) is 2.84. The zero-order valence-corrected chi connectivity index (χ0v) is 8.48. The maximum atomic E-state index is 10.6. The van der Waals surface area contributed by atoms with E-state index >= 15 is 0 Å². The number of primary amides is 1. The summed E-state index contributed by atoms with van der Waals surface area (Å²) in [6.07, 6.45) is 0. The molecule has 0 aromatic carbocycles. The molecule has 0 bridgehead atoms. The molecule has 5 heteroatoms. The van der Waals surface area contributed by atoms with Crippen molar-refractivity contribution in [2.24, 2.45) is 5.73 Å². The van der Waals surface area contributed by atoms with Crippen LogP contribution in [0.15, 0.2) is 11.1 Å². The molecule has 1 atom stereocenters. The van der Waals surface area contributed by atoms with Gasteiger partial charge in [0, 0.05) is 5.70 Å². The fourth-order valence-electron chi connectivity index (χ4n) is 0.820. The number of thioether (sulfide) groups is 1. The molecular weight excluding hydrogens is 228 g/mol. The van der Waals surface area contributed by atoms with Crippen LogP contribution in [0, 0.1) is 0 Å². The van der Waals surface area contributed by atoms with Gasteiger partial charge in [-0.1, -0.05) is 27.7 Å². The van der Waals surface area contributed by atoms with E-state index in [2.05, 4.69) is 15.9 Å². The molecule has 0 saturated heterocycles. The highest BCUT2D eigenvalue weighted by molar-refractivity contribution is 9.11. The Morgan fingerprint density at radius 3 is 3.00 bits per heavy atom. The average molecular weight is 237 g/mol. The Balaban J connectivity index is 2.56. The van der Waals surface area contributed by atoms with Gasteiger partial charge in [-0.15, -0.1) is 0 Å². The minimum atomic E-state index is -0.301. The number of nitrogens with two attached hydrogens (primary N) is 1. The van der Waals surface area contributed by atoms with Crippen molar-refractivity contribution >= 4 is 33.6 Å². The lowest BCUT2D eigenvalue weighted by Crippen LogP contribution is -2.33. The van der Waals surface area contributed by atoms with Gasteiger partial charge in [0.15, 0.2) is 0 Å². The summed E-state index contributed by atoms with van der Waals surface area (Å²) in [5.74, 6) is -0.301. The van der Waals surface area contributed by atoms with E-state index in [9.17, 15) is 4.79 Å².